The molecule has 2 aliphatic heterocycles. The normalized spacial score (nSPS) is 16.6. The zero-order valence-electron chi connectivity index (χ0n) is 19.7. The molecule has 2 heterocycles. The van der Waals surface area contributed by atoms with Gasteiger partial charge in [0.15, 0.2) is 0 Å². The summed E-state index contributed by atoms with van der Waals surface area (Å²) in [7, 11) is -3.72. The summed E-state index contributed by atoms with van der Waals surface area (Å²) in [6.45, 7) is 5.03. The van der Waals surface area contributed by atoms with E-state index in [1.807, 2.05) is 30.3 Å². The second-order valence-electron chi connectivity index (χ2n) is 8.18. The van der Waals surface area contributed by atoms with Crippen molar-refractivity contribution < 1.29 is 22.7 Å². The quantitative estimate of drug-likeness (QED) is 0.540. The number of fused-ring (bicyclic) bond motifs is 1. The van der Waals surface area contributed by atoms with Gasteiger partial charge in [-0.3, -0.25) is 9.59 Å². The summed E-state index contributed by atoms with van der Waals surface area (Å²) in [5, 5.41) is 2.89. The van der Waals surface area contributed by atoms with Crippen LogP contribution in [0.1, 0.15) is 6.92 Å². The lowest BCUT2D eigenvalue weighted by Crippen LogP contribution is -2.45. The van der Waals surface area contributed by atoms with Gasteiger partial charge in [0.25, 0.3) is 0 Å². The van der Waals surface area contributed by atoms with Gasteiger partial charge in [-0.25, -0.2) is 8.42 Å². The Labute approximate surface area is 210 Å². The van der Waals surface area contributed by atoms with Gasteiger partial charge in [-0.05, 0) is 37.3 Å². The van der Waals surface area contributed by atoms with Crippen LogP contribution in [0.5, 0.6) is 0 Å². The zero-order valence-corrected chi connectivity index (χ0v) is 21.3. The Morgan fingerprint density at radius 3 is 2.60 bits per heavy atom. The number of sulfonamides is 1. The van der Waals surface area contributed by atoms with Crippen LogP contribution in [-0.2, 0) is 24.3 Å². The van der Waals surface area contributed by atoms with Gasteiger partial charge in [-0.1, -0.05) is 18.2 Å². The first-order chi connectivity index (χ1) is 16.9. The SMILES string of the molecule is CCN(CCNC(=O)CN1C(=O)CSc2ccc(S(=O)(=O)N3CCOCC3)cc21)c1ccccc1. The highest BCUT2D eigenvalue weighted by molar-refractivity contribution is 8.00. The number of hydrogen-bond donors (Lipinski definition) is 1. The Balaban J connectivity index is 1.43. The first-order valence-electron chi connectivity index (χ1n) is 11.6. The molecule has 0 radical (unpaired) electrons. The second-order valence-corrected chi connectivity index (χ2v) is 11.1. The van der Waals surface area contributed by atoms with E-state index in [0.717, 1.165) is 17.1 Å². The molecular weight excluding hydrogens is 488 g/mol. The molecule has 1 fully saturated rings. The van der Waals surface area contributed by atoms with Crippen molar-refractivity contribution in [3.63, 3.8) is 0 Å². The Bertz CT molecular complexity index is 1150. The fraction of sp³-hybridized carbons (Fsp3) is 0.417. The molecule has 0 spiro atoms. The van der Waals surface area contributed by atoms with Crippen LogP contribution in [0.25, 0.3) is 0 Å². The van der Waals surface area contributed by atoms with E-state index in [4.69, 9.17) is 4.74 Å². The number of benzene rings is 2. The van der Waals surface area contributed by atoms with Crippen LogP contribution in [-0.4, -0.2) is 82.8 Å². The number of nitrogens with zero attached hydrogens (tertiary/aromatic N) is 3. The lowest BCUT2D eigenvalue weighted by Gasteiger charge is -2.30. The van der Waals surface area contributed by atoms with E-state index in [0.29, 0.717) is 32.0 Å². The number of nitrogens with one attached hydrogen (secondary N) is 1. The van der Waals surface area contributed by atoms with Gasteiger partial charge in [0.2, 0.25) is 21.8 Å². The van der Waals surface area contributed by atoms with Gasteiger partial charge < -0.3 is 19.9 Å². The van der Waals surface area contributed by atoms with E-state index in [9.17, 15) is 18.0 Å². The number of anilines is 2. The predicted molar refractivity (Wildman–Crippen MR) is 136 cm³/mol. The van der Waals surface area contributed by atoms with E-state index in [2.05, 4.69) is 17.1 Å². The van der Waals surface area contributed by atoms with Crippen LogP contribution in [0, 0.1) is 0 Å². The Morgan fingerprint density at radius 2 is 1.89 bits per heavy atom. The third kappa shape index (κ3) is 5.97. The molecule has 2 aromatic rings. The monoisotopic (exact) mass is 518 g/mol. The molecule has 35 heavy (non-hydrogen) atoms. The van der Waals surface area contributed by atoms with Crippen molar-refractivity contribution in [2.45, 2.75) is 16.7 Å². The van der Waals surface area contributed by atoms with E-state index in [1.165, 1.54) is 27.0 Å². The molecule has 2 amide bonds. The van der Waals surface area contributed by atoms with E-state index in [1.54, 1.807) is 12.1 Å². The Hall–Kier alpha value is -2.60. The fourth-order valence-electron chi connectivity index (χ4n) is 4.09. The number of carbonyl (C=O) groups is 2. The van der Waals surface area contributed by atoms with E-state index < -0.39 is 10.0 Å². The van der Waals surface area contributed by atoms with Gasteiger partial charge in [0.1, 0.15) is 6.54 Å². The maximum Gasteiger partial charge on any atom is 0.243 e. The van der Waals surface area contributed by atoms with Gasteiger partial charge in [0, 0.05) is 43.3 Å². The maximum absolute atomic E-state index is 13.1. The molecule has 11 heteroatoms. The molecule has 0 aliphatic carbocycles. The first-order valence-corrected chi connectivity index (χ1v) is 14.0. The average molecular weight is 519 g/mol. The maximum atomic E-state index is 13.1. The topological polar surface area (TPSA) is 99.3 Å². The van der Waals surface area contributed by atoms with Crippen molar-refractivity contribution in [2.24, 2.45) is 0 Å². The molecule has 1 N–H and O–H groups in total. The molecular formula is C24H30N4O5S2. The van der Waals surface area contributed by atoms with Crippen molar-refractivity contribution in [1.29, 1.82) is 0 Å². The Kier molecular flexibility index (Phi) is 8.32. The highest BCUT2D eigenvalue weighted by atomic mass is 32.2. The van der Waals surface area contributed by atoms with Crippen LogP contribution in [0.4, 0.5) is 11.4 Å². The van der Waals surface area contributed by atoms with Crippen molar-refractivity contribution >= 4 is 45.0 Å². The minimum absolute atomic E-state index is 0.111. The highest BCUT2D eigenvalue weighted by Gasteiger charge is 2.31. The molecule has 0 bridgehead atoms. The van der Waals surface area contributed by atoms with Crippen LogP contribution in [0.2, 0.25) is 0 Å². The highest BCUT2D eigenvalue weighted by Crippen LogP contribution is 2.37. The minimum atomic E-state index is -3.72. The van der Waals surface area contributed by atoms with Crippen LogP contribution >= 0.6 is 11.8 Å². The first kappa shape index (κ1) is 25.5. The molecule has 188 valence electrons. The largest absolute Gasteiger partial charge is 0.379 e. The van der Waals surface area contributed by atoms with Gasteiger partial charge in [-0.2, -0.15) is 4.31 Å². The summed E-state index contributed by atoms with van der Waals surface area (Å²) in [5.74, 6) is -0.312. The standard InChI is InChI=1S/C24H30N4O5S2/c1-2-26(19-6-4-3-5-7-19)11-10-25-23(29)17-28-21-16-20(8-9-22(21)34-18-24(28)30)35(31,32)27-12-14-33-15-13-27/h3-9,16H,2,10-15,17-18H2,1H3,(H,25,29). The van der Waals surface area contributed by atoms with Gasteiger partial charge in [-0.15, -0.1) is 11.8 Å². The number of thioether (sulfide) groups is 1. The third-order valence-electron chi connectivity index (χ3n) is 5.99. The van der Waals surface area contributed by atoms with Crippen molar-refractivity contribution in [2.75, 3.05) is 68.0 Å². The zero-order chi connectivity index (χ0) is 24.8. The third-order valence-corrected chi connectivity index (χ3v) is 8.93. The summed E-state index contributed by atoms with van der Waals surface area (Å²) in [6.07, 6.45) is 0. The number of likely N-dealkylation sites (N-methyl/N-ethyl adjacent to an activating group) is 1. The fourth-order valence-corrected chi connectivity index (χ4v) is 6.43. The van der Waals surface area contributed by atoms with Crippen molar-refractivity contribution in [1.82, 2.24) is 9.62 Å². The number of hydrogen-bond acceptors (Lipinski definition) is 7. The number of morpholine rings is 1. The van der Waals surface area contributed by atoms with Gasteiger partial charge >= 0.3 is 0 Å². The lowest BCUT2D eigenvalue weighted by molar-refractivity contribution is -0.122. The predicted octanol–water partition coefficient (Wildman–Crippen LogP) is 1.79. The smallest absolute Gasteiger partial charge is 0.243 e. The van der Waals surface area contributed by atoms with Gasteiger partial charge in [0.05, 0.1) is 29.5 Å². The lowest BCUT2D eigenvalue weighted by atomic mass is 10.2. The molecule has 9 nitrogen and oxygen atoms in total. The molecule has 0 aromatic heterocycles. The molecule has 2 aliphatic rings. The molecule has 0 unspecified atom stereocenters. The number of rotatable bonds is 9. The summed E-state index contributed by atoms with van der Waals surface area (Å²) in [4.78, 5) is 29.9. The van der Waals surface area contributed by atoms with Crippen molar-refractivity contribution in [3.05, 3.63) is 48.5 Å². The molecule has 1 saturated heterocycles. The van der Waals surface area contributed by atoms with E-state index >= 15 is 0 Å². The molecule has 0 atom stereocenters. The molecule has 2 aromatic carbocycles. The summed E-state index contributed by atoms with van der Waals surface area (Å²) < 4.78 is 32.9. The minimum Gasteiger partial charge on any atom is -0.379 e. The van der Waals surface area contributed by atoms with Crippen molar-refractivity contribution in [3.8, 4) is 0 Å². The average Bonchev–Trinajstić information content (AvgIpc) is 2.89. The summed E-state index contributed by atoms with van der Waals surface area (Å²) in [5.41, 5.74) is 1.53. The molecule has 0 saturated carbocycles. The number of amides is 2. The van der Waals surface area contributed by atoms with E-state index in [-0.39, 0.29) is 42.1 Å². The second kappa shape index (κ2) is 11.4. The summed E-state index contributed by atoms with van der Waals surface area (Å²) >= 11 is 1.35. The number of carbonyl (C=O) groups excluding carboxylic acids is 2. The van der Waals surface area contributed by atoms with Crippen LogP contribution in [0.15, 0.2) is 58.3 Å². The van der Waals surface area contributed by atoms with Crippen LogP contribution < -0.4 is 15.1 Å². The molecule has 4 rings (SSSR count). The van der Waals surface area contributed by atoms with Crippen LogP contribution in [0.3, 0.4) is 0 Å². The number of ether oxygens (including phenoxy) is 1. The number of para-hydroxylation sites is 1. The summed E-state index contributed by atoms with van der Waals surface area (Å²) in [6, 6.07) is 14.7. The Morgan fingerprint density at radius 1 is 1.14 bits per heavy atom.